The molecule has 4 nitrogen and oxygen atoms in total. The van der Waals surface area contributed by atoms with Crippen LogP contribution in [0, 0.1) is 5.92 Å². The molecule has 3 atom stereocenters. The molecule has 0 aliphatic rings. The minimum absolute atomic E-state index is 0.0208. The van der Waals surface area contributed by atoms with Gasteiger partial charge in [0.2, 0.25) is 0 Å². The molecule has 0 heterocycles. The number of carbonyl (C=O) groups excluding carboxylic acids is 2. The fourth-order valence-corrected chi connectivity index (χ4v) is 4.14. The Balaban J connectivity index is 2.11. The molecule has 0 saturated heterocycles. The Labute approximate surface area is 212 Å². The molecule has 0 amide bonds. The van der Waals surface area contributed by atoms with Gasteiger partial charge in [0.15, 0.2) is 0 Å². The molecule has 0 aliphatic heterocycles. The van der Waals surface area contributed by atoms with E-state index in [1.165, 1.54) is 11.1 Å². The molecule has 2 aromatic rings. The van der Waals surface area contributed by atoms with Crippen molar-refractivity contribution in [3.8, 4) is 0 Å². The third-order valence-corrected chi connectivity index (χ3v) is 6.64. The smallest absolute Gasteiger partial charge is 0.338 e. The number of esters is 2. The fraction of sp³-hybridized carbons (Fsp3) is 0.548. The van der Waals surface area contributed by atoms with Crippen LogP contribution in [-0.2, 0) is 20.3 Å². The number of benzene rings is 2. The normalized spacial score (nSPS) is 14.7. The topological polar surface area (TPSA) is 52.6 Å². The quantitative estimate of drug-likeness (QED) is 0.343. The van der Waals surface area contributed by atoms with Gasteiger partial charge in [-0.3, -0.25) is 0 Å². The molecular weight excluding hydrogens is 436 g/mol. The van der Waals surface area contributed by atoms with E-state index in [2.05, 4.69) is 48.5 Å². The number of hydrogen-bond acceptors (Lipinski definition) is 4. The maximum atomic E-state index is 12.9. The highest BCUT2D eigenvalue weighted by atomic mass is 16.6. The first kappa shape index (κ1) is 28.6. The molecular formula is C31H44O4. The third-order valence-electron chi connectivity index (χ3n) is 6.64. The van der Waals surface area contributed by atoms with Crippen molar-refractivity contribution >= 4 is 11.9 Å². The van der Waals surface area contributed by atoms with Crippen molar-refractivity contribution in [3.63, 3.8) is 0 Å². The molecule has 0 fully saturated rings. The highest BCUT2D eigenvalue weighted by Crippen LogP contribution is 2.27. The largest absolute Gasteiger partial charge is 0.458 e. The predicted octanol–water partition coefficient (Wildman–Crippen LogP) is 7.88. The molecule has 192 valence electrons. The van der Waals surface area contributed by atoms with E-state index in [-0.39, 0.29) is 40.9 Å². The van der Waals surface area contributed by atoms with E-state index in [9.17, 15) is 9.59 Å². The summed E-state index contributed by atoms with van der Waals surface area (Å²) in [4.78, 5) is 25.8. The van der Waals surface area contributed by atoms with E-state index in [0.717, 1.165) is 6.42 Å². The summed E-state index contributed by atoms with van der Waals surface area (Å²) in [6.45, 7) is 18.9. The Morgan fingerprint density at radius 1 is 0.686 bits per heavy atom. The summed E-state index contributed by atoms with van der Waals surface area (Å²) in [5.41, 5.74) is 3.45. The van der Waals surface area contributed by atoms with Crippen LogP contribution in [0.2, 0.25) is 0 Å². The van der Waals surface area contributed by atoms with E-state index in [4.69, 9.17) is 9.47 Å². The van der Waals surface area contributed by atoms with Crippen LogP contribution in [0.1, 0.15) is 113 Å². The number of ether oxygens (including phenoxy) is 2. The Kier molecular flexibility index (Phi) is 9.71. The molecule has 2 aromatic carbocycles. The zero-order chi connectivity index (χ0) is 26.4. The zero-order valence-electron chi connectivity index (χ0n) is 23.1. The molecule has 0 aliphatic carbocycles. The Morgan fingerprint density at radius 2 is 1.06 bits per heavy atom. The lowest BCUT2D eigenvalue weighted by atomic mass is 9.87. The lowest BCUT2D eigenvalue weighted by Gasteiger charge is -2.30. The molecule has 3 unspecified atom stereocenters. The van der Waals surface area contributed by atoms with Crippen LogP contribution >= 0.6 is 0 Å². The second kappa shape index (κ2) is 11.9. The summed E-state index contributed by atoms with van der Waals surface area (Å²) in [7, 11) is 0. The third kappa shape index (κ3) is 7.95. The van der Waals surface area contributed by atoms with Gasteiger partial charge in [-0.1, -0.05) is 93.0 Å². The maximum absolute atomic E-state index is 12.9. The number of carbonyl (C=O) groups is 2. The summed E-state index contributed by atoms with van der Waals surface area (Å²) in [5, 5.41) is 0. The van der Waals surface area contributed by atoms with Crippen molar-refractivity contribution in [2.24, 2.45) is 5.92 Å². The predicted molar refractivity (Wildman–Crippen MR) is 143 cm³/mol. The van der Waals surface area contributed by atoms with Crippen molar-refractivity contribution in [2.75, 3.05) is 0 Å². The van der Waals surface area contributed by atoms with E-state index in [0.29, 0.717) is 24.0 Å². The number of hydrogen-bond donors (Lipinski definition) is 0. The Hall–Kier alpha value is -2.62. The van der Waals surface area contributed by atoms with Crippen LogP contribution in [0.3, 0.4) is 0 Å². The Morgan fingerprint density at radius 3 is 1.37 bits per heavy atom. The van der Waals surface area contributed by atoms with Gasteiger partial charge in [-0.25, -0.2) is 9.59 Å². The molecule has 2 rings (SSSR count). The van der Waals surface area contributed by atoms with Crippen LogP contribution in [0.5, 0.6) is 0 Å². The lowest BCUT2D eigenvalue weighted by molar-refractivity contribution is -0.0314. The van der Waals surface area contributed by atoms with Gasteiger partial charge < -0.3 is 9.47 Å². The molecule has 0 spiro atoms. The summed E-state index contributed by atoms with van der Waals surface area (Å²) < 4.78 is 11.9. The number of rotatable bonds is 9. The lowest BCUT2D eigenvalue weighted by Crippen LogP contribution is -2.36. The molecule has 35 heavy (non-hydrogen) atoms. The van der Waals surface area contributed by atoms with E-state index < -0.39 is 0 Å². The van der Waals surface area contributed by atoms with Crippen LogP contribution < -0.4 is 0 Å². The van der Waals surface area contributed by atoms with E-state index >= 15 is 0 Å². The molecule has 0 saturated carbocycles. The average Bonchev–Trinajstić information content (AvgIpc) is 2.80. The first-order chi connectivity index (χ1) is 16.3. The zero-order valence-corrected chi connectivity index (χ0v) is 23.1. The van der Waals surface area contributed by atoms with Gasteiger partial charge in [0, 0.05) is 5.92 Å². The van der Waals surface area contributed by atoms with Crippen molar-refractivity contribution < 1.29 is 19.1 Å². The van der Waals surface area contributed by atoms with Crippen molar-refractivity contribution in [3.05, 3.63) is 70.8 Å². The summed E-state index contributed by atoms with van der Waals surface area (Å²) >= 11 is 0. The van der Waals surface area contributed by atoms with E-state index in [1.54, 1.807) is 0 Å². The first-order valence-corrected chi connectivity index (χ1v) is 12.9. The van der Waals surface area contributed by atoms with Gasteiger partial charge in [0.25, 0.3) is 0 Å². The SMILES string of the molecule is CCCC(OC(=O)c1ccc(C(C)(C)C)cc1)C(C)C(CC)OC(=O)c1ccc(C(C)(C)C)cc1. The summed E-state index contributed by atoms with van der Waals surface area (Å²) in [6.07, 6.45) is 1.53. The molecule has 4 heteroatoms. The standard InChI is InChI=1S/C31H44O4/c1-10-12-27(35-29(33)23-15-19-25(20-16-23)31(7,8)9)21(3)26(11-2)34-28(32)22-13-17-24(18-14-22)30(4,5)6/h13-21,26-27H,10-12H2,1-9H3. The van der Waals surface area contributed by atoms with Crippen LogP contribution in [0.15, 0.2) is 48.5 Å². The highest BCUT2D eigenvalue weighted by molar-refractivity contribution is 5.90. The second-order valence-corrected chi connectivity index (χ2v) is 11.6. The minimum atomic E-state index is -0.350. The van der Waals surface area contributed by atoms with E-state index in [1.807, 2.05) is 62.4 Å². The summed E-state index contributed by atoms with van der Waals surface area (Å²) in [6, 6.07) is 15.2. The minimum Gasteiger partial charge on any atom is -0.458 e. The van der Waals surface area contributed by atoms with Gasteiger partial charge in [0.1, 0.15) is 12.2 Å². The molecule has 0 aromatic heterocycles. The van der Waals surface area contributed by atoms with Gasteiger partial charge in [-0.05, 0) is 59.1 Å². The average molecular weight is 481 g/mol. The molecule has 0 radical (unpaired) electrons. The van der Waals surface area contributed by atoms with Gasteiger partial charge in [0.05, 0.1) is 11.1 Å². The fourth-order valence-electron chi connectivity index (χ4n) is 4.14. The highest BCUT2D eigenvalue weighted by Gasteiger charge is 2.31. The van der Waals surface area contributed by atoms with Crippen LogP contribution in [0.25, 0.3) is 0 Å². The van der Waals surface area contributed by atoms with Crippen molar-refractivity contribution in [1.29, 1.82) is 0 Å². The monoisotopic (exact) mass is 480 g/mol. The van der Waals surface area contributed by atoms with Gasteiger partial charge in [-0.15, -0.1) is 0 Å². The Bertz CT molecular complexity index is 959. The molecule has 0 N–H and O–H groups in total. The van der Waals surface area contributed by atoms with Crippen molar-refractivity contribution in [1.82, 2.24) is 0 Å². The van der Waals surface area contributed by atoms with Gasteiger partial charge >= 0.3 is 11.9 Å². The van der Waals surface area contributed by atoms with Crippen LogP contribution in [0.4, 0.5) is 0 Å². The maximum Gasteiger partial charge on any atom is 0.338 e. The van der Waals surface area contributed by atoms with Crippen LogP contribution in [-0.4, -0.2) is 24.1 Å². The summed E-state index contributed by atoms with van der Waals surface area (Å²) in [5.74, 6) is -0.811. The van der Waals surface area contributed by atoms with Crippen molar-refractivity contribution in [2.45, 2.75) is 105 Å². The molecule has 0 bridgehead atoms. The second-order valence-electron chi connectivity index (χ2n) is 11.6. The first-order valence-electron chi connectivity index (χ1n) is 12.9. The van der Waals surface area contributed by atoms with Gasteiger partial charge in [-0.2, -0.15) is 0 Å².